The van der Waals surface area contributed by atoms with E-state index in [1.54, 1.807) is 14.0 Å². The number of esters is 1. The van der Waals surface area contributed by atoms with Gasteiger partial charge in [0.05, 0.1) is 14.2 Å². The third-order valence-electron chi connectivity index (χ3n) is 2.36. The zero-order valence-corrected chi connectivity index (χ0v) is 10.0. The molecule has 4 heteroatoms. The highest BCUT2D eigenvalue weighted by Gasteiger charge is 2.13. The van der Waals surface area contributed by atoms with Crippen LogP contribution in [0.15, 0.2) is 18.2 Å². The van der Waals surface area contributed by atoms with Crippen LogP contribution in [0.1, 0.15) is 12.5 Å². The topological polar surface area (TPSA) is 47.6 Å². The van der Waals surface area contributed by atoms with Crippen molar-refractivity contribution < 1.29 is 14.3 Å². The molecule has 0 aliphatic rings. The Hall–Kier alpha value is -1.71. The van der Waals surface area contributed by atoms with Crippen LogP contribution in [0, 0.1) is 6.92 Å². The van der Waals surface area contributed by atoms with E-state index < -0.39 is 0 Å². The van der Waals surface area contributed by atoms with Crippen LogP contribution in [-0.4, -0.2) is 26.2 Å². The second-order valence-electron chi connectivity index (χ2n) is 3.57. The Bertz CT molecular complexity index is 377. The first-order chi connectivity index (χ1) is 7.58. The first kappa shape index (κ1) is 12.4. The summed E-state index contributed by atoms with van der Waals surface area (Å²) in [7, 11) is 3.00. The lowest BCUT2D eigenvalue weighted by molar-refractivity contribution is -0.141. The number of rotatable bonds is 4. The maximum Gasteiger partial charge on any atom is 0.327 e. The molecule has 0 saturated carbocycles. The molecule has 0 saturated heterocycles. The molecule has 1 rings (SSSR count). The van der Waals surface area contributed by atoms with E-state index in [-0.39, 0.29) is 12.0 Å². The summed E-state index contributed by atoms with van der Waals surface area (Å²) in [6.07, 6.45) is 0. The van der Waals surface area contributed by atoms with Crippen molar-refractivity contribution in [2.24, 2.45) is 0 Å². The summed E-state index contributed by atoms with van der Waals surface area (Å²) in [6.45, 7) is 3.71. The fourth-order valence-electron chi connectivity index (χ4n) is 1.39. The van der Waals surface area contributed by atoms with Gasteiger partial charge in [0.1, 0.15) is 11.8 Å². The molecule has 0 heterocycles. The zero-order valence-electron chi connectivity index (χ0n) is 10.0. The van der Waals surface area contributed by atoms with Gasteiger partial charge >= 0.3 is 5.97 Å². The average Bonchev–Trinajstić information content (AvgIpc) is 2.30. The third-order valence-corrected chi connectivity index (χ3v) is 2.36. The van der Waals surface area contributed by atoms with Crippen LogP contribution in [0.25, 0.3) is 0 Å². The Labute approximate surface area is 95.6 Å². The van der Waals surface area contributed by atoms with Crippen molar-refractivity contribution in [2.75, 3.05) is 19.5 Å². The van der Waals surface area contributed by atoms with Gasteiger partial charge in [-0.1, -0.05) is 0 Å². The Morgan fingerprint density at radius 3 is 2.56 bits per heavy atom. The Morgan fingerprint density at radius 2 is 2.06 bits per heavy atom. The fraction of sp³-hybridized carbons (Fsp3) is 0.417. The van der Waals surface area contributed by atoms with E-state index >= 15 is 0 Å². The number of hydrogen-bond acceptors (Lipinski definition) is 4. The molecule has 1 N–H and O–H groups in total. The molecule has 0 radical (unpaired) electrons. The van der Waals surface area contributed by atoms with E-state index in [2.05, 4.69) is 10.1 Å². The number of aryl methyl sites for hydroxylation is 1. The van der Waals surface area contributed by atoms with Crippen molar-refractivity contribution in [2.45, 2.75) is 19.9 Å². The number of carbonyl (C=O) groups excluding carboxylic acids is 1. The molecule has 0 aliphatic heterocycles. The lowest BCUT2D eigenvalue weighted by atomic mass is 10.1. The molecule has 0 aromatic heterocycles. The Balaban J connectivity index is 2.78. The fourth-order valence-corrected chi connectivity index (χ4v) is 1.39. The van der Waals surface area contributed by atoms with E-state index in [4.69, 9.17) is 4.74 Å². The molecule has 1 aromatic rings. The minimum absolute atomic E-state index is 0.282. The van der Waals surface area contributed by atoms with Crippen LogP contribution < -0.4 is 10.1 Å². The van der Waals surface area contributed by atoms with Gasteiger partial charge in [0, 0.05) is 5.69 Å². The summed E-state index contributed by atoms with van der Waals surface area (Å²) in [5, 5.41) is 3.08. The summed E-state index contributed by atoms with van der Waals surface area (Å²) in [4.78, 5) is 11.2. The van der Waals surface area contributed by atoms with Gasteiger partial charge in [-0.3, -0.25) is 0 Å². The van der Waals surface area contributed by atoms with Crippen molar-refractivity contribution in [1.29, 1.82) is 0 Å². The highest BCUT2D eigenvalue weighted by atomic mass is 16.5. The molecular formula is C12H17NO3. The summed E-state index contributed by atoms with van der Waals surface area (Å²) >= 11 is 0. The zero-order chi connectivity index (χ0) is 12.1. The number of hydrogen-bond donors (Lipinski definition) is 1. The summed E-state index contributed by atoms with van der Waals surface area (Å²) in [5.74, 6) is 0.518. The highest BCUT2D eigenvalue weighted by Crippen LogP contribution is 2.21. The molecule has 0 fully saturated rings. The van der Waals surface area contributed by atoms with Gasteiger partial charge < -0.3 is 14.8 Å². The lowest BCUT2D eigenvalue weighted by Crippen LogP contribution is -2.27. The smallest absolute Gasteiger partial charge is 0.327 e. The number of carbonyl (C=O) groups is 1. The maximum absolute atomic E-state index is 11.2. The monoisotopic (exact) mass is 223 g/mol. The molecule has 1 unspecified atom stereocenters. The van der Waals surface area contributed by atoms with Gasteiger partial charge in [0.2, 0.25) is 0 Å². The number of ether oxygens (including phenoxy) is 2. The van der Waals surface area contributed by atoms with Crippen molar-refractivity contribution in [3.05, 3.63) is 23.8 Å². The molecule has 1 atom stereocenters. The van der Waals surface area contributed by atoms with Crippen molar-refractivity contribution in [3.63, 3.8) is 0 Å². The predicted molar refractivity (Wildman–Crippen MR) is 62.8 cm³/mol. The second kappa shape index (κ2) is 5.39. The van der Waals surface area contributed by atoms with E-state index in [1.807, 2.05) is 25.1 Å². The molecule has 0 spiro atoms. The van der Waals surface area contributed by atoms with Crippen LogP contribution in [0.3, 0.4) is 0 Å². The maximum atomic E-state index is 11.2. The molecule has 0 aliphatic carbocycles. The summed E-state index contributed by atoms with van der Waals surface area (Å²) < 4.78 is 9.75. The van der Waals surface area contributed by atoms with Crippen LogP contribution in [-0.2, 0) is 9.53 Å². The molecule has 16 heavy (non-hydrogen) atoms. The predicted octanol–water partition coefficient (Wildman–Crippen LogP) is 1.98. The van der Waals surface area contributed by atoms with Crippen LogP contribution in [0.2, 0.25) is 0 Å². The van der Waals surface area contributed by atoms with E-state index in [0.29, 0.717) is 0 Å². The van der Waals surface area contributed by atoms with Gasteiger partial charge in [-0.05, 0) is 37.6 Å². The van der Waals surface area contributed by atoms with Crippen molar-refractivity contribution in [3.8, 4) is 5.75 Å². The minimum atomic E-state index is -0.364. The van der Waals surface area contributed by atoms with E-state index in [1.165, 1.54) is 7.11 Å². The van der Waals surface area contributed by atoms with Gasteiger partial charge in [-0.2, -0.15) is 0 Å². The molecule has 88 valence electrons. The van der Waals surface area contributed by atoms with E-state index in [9.17, 15) is 4.79 Å². The molecular weight excluding hydrogens is 206 g/mol. The van der Waals surface area contributed by atoms with Crippen molar-refractivity contribution in [1.82, 2.24) is 0 Å². The third kappa shape index (κ3) is 2.89. The van der Waals surface area contributed by atoms with Crippen LogP contribution >= 0.6 is 0 Å². The minimum Gasteiger partial charge on any atom is -0.497 e. The largest absolute Gasteiger partial charge is 0.497 e. The molecule has 4 nitrogen and oxygen atoms in total. The van der Waals surface area contributed by atoms with Gasteiger partial charge in [0.15, 0.2) is 0 Å². The number of nitrogens with one attached hydrogen (secondary N) is 1. The van der Waals surface area contributed by atoms with Crippen molar-refractivity contribution >= 4 is 11.7 Å². The van der Waals surface area contributed by atoms with Gasteiger partial charge in [-0.15, -0.1) is 0 Å². The summed E-state index contributed by atoms with van der Waals surface area (Å²) in [5.41, 5.74) is 1.92. The summed E-state index contributed by atoms with van der Waals surface area (Å²) in [6, 6.07) is 5.27. The first-order valence-electron chi connectivity index (χ1n) is 5.07. The first-order valence-corrected chi connectivity index (χ1v) is 5.07. The molecule has 0 amide bonds. The molecule has 1 aromatic carbocycles. The second-order valence-corrected chi connectivity index (χ2v) is 3.57. The highest BCUT2D eigenvalue weighted by molar-refractivity contribution is 5.79. The Kier molecular flexibility index (Phi) is 4.17. The standard InChI is InChI=1S/C12H17NO3/c1-8-7-10(15-3)5-6-11(8)13-9(2)12(14)16-4/h5-7,9,13H,1-4H3. The number of methoxy groups -OCH3 is 2. The van der Waals surface area contributed by atoms with E-state index in [0.717, 1.165) is 17.0 Å². The normalized spacial score (nSPS) is 11.8. The number of anilines is 1. The molecule has 0 bridgehead atoms. The SMILES string of the molecule is COC(=O)C(C)Nc1ccc(OC)cc1C. The quantitative estimate of drug-likeness (QED) is 0.793. The number of benzene rings is 1. The van der Waals surface area contributed by atoms with Gasteiger partial charge in [-0.25, -0.2) is 4.79 Å². The Morgan fingerprint density at radius 1 is 1.38 bits per heavy atom. The average molecular weight is 223 g/mol. The van der Waals surface area contributed by atoms with Crippen LogP contribution in [0.5, 0.6) is 5.75 Å². The van der Waals surface area contributed by atoms with Crippen LogP contribution in [0.4, 0.5) is 5.69 Å². The van der Waals surface area contributed by atoms with Gasteiger partial charge in [0.25, 0.3) is 0 Å². The lowest BCUT2D eigenvalue weighted by Gasteiger charge is -2.15.